The van der Waals surface area contributed by atoms with E-state index in [0.717, 1.165) is 37.8 Å². The summed E-state index contributed by atoms with van der Waals surface area (Å²) in [5.41, 5.74) is 1.45. The molecule has 2 N–H and O–H groups in total. The average Bonchev–Trinajstić information content (AvgIpc) is 3.24. The first-order valence-corrected chi connectivity index (χ1v) is 9.03. The zero-order valence-electron chi connectivity index (χ0n) is 14.6. The summed E-state index contributed by atoms with van der Waals surface area (Å²) in [4.78, 5) is 37.9. The third kappa shape index (κ3) is 4.18. The van der Waals surface area contributed by atoms with Gasteiger partial charge in [0.1, 0.15) is 6.04 Å². The lowest BCUT2D eigenvalue weighted by Crippen LogP contribution is -2.47. The first kappa shape index (κ1) is 17.5. The number of carbonyl (C=O) groups excluding carboxylic acids is 3. The van der Waals surface area contributed by atoms with E-state index in [4.69, 9.17) is 0 Å². The molecule has 1 aliphatic heterocycles. The number of nitrogens with zero attached hydrogens (tertiary/aromatic N) is 1. The van der Waals surface area contributed by atoms with Crippen molar-refractivity contribution in [3.63, 3.8) is 0 Å². The number of benzene rings is 1. The van der Waals surface area contributed by atoms with E-state index in [2.05, 4.69) is 10.6 Å². The van der Waals surface area contributed by atoms with E-state index in [9.17, 15) is 14.4 Å². The highest BCUT2D eigenvalue weighted by atomic mass is 16.2. The van der Waals surface area contributed by atoms with Crippen LogP contribution in [0.15, 0.2) is 24.3 Å². The van der Waals surface area contributed by atoms with Gasteiger partial charge >= 0.3 is 0 Å². The Morgan fingerprint density at radius 1 is 1.20 bits per heavy atom. The van der Waals surface area contributed by atoms with E-state index in [0.29, 0.717) is 18.7 Å². The van der Waals surface area contributed by atoms with Crippen LogP contribution in [-0.4, -0.2) is 30.3 Å². The van der Waals surface area contributed by atoms with Crippen molar-refractivity contribution < 1.29 is 14.4 Å². The van der Waals surface area contributed by atoms with Gasteiger partial charge in [-0.15, -0.1) is 0 Å². The first-order chi connectivity index (χ1) is 12.0. The van der Waals surface area contributed by atoms with E-state index in [-0.39, 0.29) is 23.6 Å². The molecule has 0 bridgehead atoms. The van der Waals surface area contributed by atoms with Crippen molar-refractivity contribution >= 4 is 29.1 Å². The molecule has 1 saturated heterocycles. The topological polar surface area (TPSA) is 78.5 Å². The van der Waals surface area contributed by atoms with E-state index >= 15 is 0 Å². The Labute approximate surface area is 148 Å². The van der Waals surface area contributed by atoms with Crippen LogP contribution in [0.5, 0.6) is 0 Å². The Balaban J connectivity index is 1.72. The minimum absolute atomic E-state index is 0.116. The van der Waals surface area contributed by atoms with E-state index in [1.54, 1.807) is 11.0 Å². The smallest absolute Gasteiger partial charge is 0.247 e. The van der Waals surface area contributed by atoms with E-state index in [1.165, 1.54) is 6.92 Å². The summed E-state index contributed by atoms with van der Waals surface area (Å²) in [6.45, 7) is 2.15. The zero-order valence-corrected chi connectivity index (χ0v) is 14.6. The van der Waals surface area contributed by atoms with Crippen LogP contribution in [0.3, 0.4) is 0 Å². The normalized spacial score (nSPS) is 19.1. The predicted octanol–water partition coefficient (Wildman–Crippen LogP) is 2.45. The van der Waals surface area contributed by atoms with Gasteiger partial charge in [-0.25, -0.2) is 0 Å². The number of hydrogen-bond donors (Lipinski definition) is 2. The molecule has 0 radical (unpaired) electrons. The second-order valence-corrected chi connectivity index (χ2v) is 6.91. The molecule has 25 heavy (non-hydrogen) atoms. The van der Waals surface area contributed by atoms with Crippen LogP contribution in [0.25, 0.3) is 0 Å². The lowest BCUT2D eigenvalue weighted by atomic mass is 9.97. The number of nitrogens with one attached hydrogen (secondary N) is 2. The number of carbonyl (C=O) groups is 3. The summed E-state index contributed by atoms with van der Waals surface area (Å²) < 4.78 is 0. The molecule has 1 atom stereocenters. The largest absolute Gasteiger partial charge is 0.344 e. The molecular weight excluding hydrogens is 318 g/mol. The summed E-state index contributed by atoms with van der Waals surface area (Å²) in [5, 5.41) is 5.71. The molecule has 134 valence electrons. The van der Waals surface area contributed by atoms with E-state index in [1.807, 2.05) is 18.2 Å². The van der Waals surface area contributed by atoms with Crippen molar-refractivity contribution in [1.82, 2.24) is 5.32 Å². The van der Waals surface area contributed by atoms with Gasteiger partial charge in [0.15, 0.2) is 0 Å². The Morgan fingerprint density at radius 3 is 2.60 bits per heavy atom. The molecule has 6 heteroatoms. The molecule has 1 aromatic rings. The Hall–Kier alpha value is -2.37. The van der Waals surface area contributed by atoms with Gasteiger partial charge in [0.2, 0.25) is 17.7 Å². The fraction of sp³-hybridized carbons (Fsp3) is 0.526. The maximum atomic E-state index is 12.7. The van der Waals surface area contributed by atoms with Gasteiger partial charge in [0.05, 0.1) is 0 Å². The van der Waals surface area contributed by atoms with Crippen LogP contribution in [-0.2, 0) is 14.4 Å². The van der Waals surface area contributed by atoms with Gasteiger partial charge in [-0.3, -0.25) is 14.4 Å². The van der Waals surface area contributed by atoms with E-state index < -0.39 is 6.04 Å². The highest BCUT2D eigenvalue weighted by Gasteiger charge is 2.31. The second kappa shape index (κ2) is 7.68. The highest BCUT2D eigenvalue weighted by molar-refractivity contribution is 5.99. The van der Waals surface area contributed by atoms with Gasteiger partial charge in [0.25, 0.3) is 0 Å². The summed E-state index contributed by atoms with van der Waals surface area (Å²) in [5.74, 6) is -0.0757. The fourth-order valence-electron chi connectivity index (χ4n) is 3.80. The molecule has 0 spiro atoms. The van der Waals surface area contributed by atoms with Gasteiger partial charge in [0, 0.05) is 31.3 Å². The lowest BCUT2D eigenvalue weighted by molar-refractivity contribution is -0.126. The van der Waals surface area contributed by atoms with Crippen LogP contribution in [0, 0.1) is 5.92 Å². The molecule has 3 amide bonds. The standard InChI is InChI=1S/C19H25N3O3/c1-13(23)20-18(14-6-2-3-7-14)19(25)21-15-8-4-9-16(12-15)22-11-5-10-17(22)24/h4,8-9,12,14,18H,2-3,5-7,10-11H2,1H3,(H,20,23)(H,21,25). The molecule has 1 saturated carbocycles. The van der Waals surface area contributed by atoms with Crippen LogP contribution in [0.2, 0.25) is 0 Å². The number of rotatable bonds is 5. The Morgan fingerprint density at radius 2 is 1.96 bits per heavy atom. The second-order valence-electron chi connectivity index (χ2n) is 6.91. The van der Waals surface area contributed by atoms with Crippen molar-refractivity contribution in [2.75, 3.05) is 16.8 Å². The molecule has 1 heterocycles. The third-order valence-corrected chi connectivity index (χ3v) is 5.01. The van der Waals surface area contributed by atoms with Crippen LogP contribution < -0.4 is 15.5 Å². The maximum Gasteiger partial charge on any atom is 0.247 e. The molecule has 6 nitrogen and oxygen atoms in total. The minimum atomic E-state index is -0.503. The minimum Gasteiger partial charge on any atom is -0.344 e. The quantitative estimate of drug-likeness (QED) is 0.862. The monoisotopic (exact) mass is 343 g/mol. The van der Waals surface area contributed by atoms with Gasteiger partial charge < -0.3 is 15.5 Å². The molecule has 3 rings (SSSR count). The van der Waals surface area contributed by atoms with Gasteiger partial charge in [-0.1, -0.05) is 18.9 Å². The Kier molecular flexibility index (Phi) is 5.36. The molecule has 0 aromatic heterocycles. The summed E-state index contributed by atoms with van der Waals surface area (Å²) in [6, 6.07) is 6.83. The van der Waals surface area contributed by atoms with Crippen LogP contribution >= 0.6 is 0 Å². The molecular formula is C19H25N3O3. The number of anilines is 2. The Bertz CT molecular complexity index is 668. The van der Waals surface area contributed by atoms with Crippen molar-refractivity contribution in [2.24, 2.45) is 5.92 Å². The van der Waals surface area contributed by atoms with Crippen molar-refractivity contribution in [3.8, 4) is 0 Å². The van der Waals surface area contributed by atoms with Crippen molar-refractivity contribution in [3.05, 3.63) is 24.3 Å². The van der Waals surface area contributed by atoms with Gasteiger partial charge in [-0.2, -0.15) is 0 Å². The maximum absolute atomic E-state index is 12.7. The molecule has 2 fully saturated rings. The van der Waals surface area contributed by atoms with Gasteiger partial charge in [-0.05, 0) is 43.4 Å². The summed E-state index contributed by atoms with van der Waals surface area (Å²) in [7, 11) is 0. The lowest BCUT2D eigenvalue weighted by Gasteiger charge is -2.23. The predicted molar refractivity (Wildman–Crippen MR) is 96.2 cm³/mol. The SMILES string of the molecule is CC(=O)NC(C(=O)Nc1cccc(N2CCCC2=O)c1)C1CCCC1. The average molecular weight is 343 g/mol. The number of amides is 3. The molecule has 1 aromatic carbocycles. The van der Waals surface area contributed by atoms with Crippen molar-refractivity contribution in [1.29, 1.82) is 0 Å². The van der Waals surface area contributed by atoms with Crippen LogP contribution in [0.1, 0.15) is 45.4 Å². The first-order valence-electron chi connectivity index (χ1n) is 9.03. The van der Waals surface area contributed by atoms with Crippen LogP contribution in [0.4, 0.5) is 11.4 Å². The molecule has 1 unspecified atom stereocenters. The molecule has 2 aliphatic rings. The third-order valence-electron chi connectivity index (χ3n) is 5.01. The highest BCUT2D eigenvalue weighted by Crippen LogP contribution is 2.29. The fourth-order valence-corrected chi connectivity index (χ4v) is 3.80. The molecule has 1 aliphatic carbocycles. The van der Waals surface area contributed by atoms with Crippen molar-refractivity contribution in [2.45, 2.75) is 51.5 Å². The summed E-state index contributed by atoms with van der Waals surface area (Å²) >= 11 is 0. The number of hydrogen-bond acceptors (Lipinski definition) is 3. The zero-order chi connectivity index (χ0) is 17.8. The summed E-state index contributed by atoms with van der Waals surface area (Å²) in [6.07, 6.45) is 5.55.